The molecule has 0 fully saturated rings. The molecule has 0 saturated heterocycles. The van der Waals surface area contributed by atoms with Gasteiger partial charge in [0.05, 0.1) is 17.2 Å². The summed E-state index contributed by atoms with van der Waals surface area (Å²) in [5.74, 6) is -0.738. The number of hydrogen-bond donors (Lipinski definition) is 1. The van der Waals surface area contributed by atoms with Gasteiger partial charge in [-0.05, 0) is 39.8 Å². The molecule has 0 saturated carbocycles. The maximum Gasteiger partial charge on any atom is 0.408 e. The van der Waals surface area contributed by atoms with Crippen LogP contribution in [0.4, 0.5) is 4.79 Å². The van der Waals surface area contributed by atoms with E-state index in [2.05, 4.69) is 0 Å². The minimum Gasteiger partial charge on any atom is -0.465 e. The molecule has 0 unspecified atom stereocenters. The fraction of sp³-hybridized carbons (Fsp3) is 0.438. The summed E-state index contributed by atoms with van der Waals surface area (Å²) >= 11 is 0. The van der Waals surface area contributed by atoms with Gasteiger partial charge in [-0.15, -0.1) is 0 Å². The third-order valence-corrected chi connectivity index (χ3v) is 3.69. The van der Waals surface area contributed by atoms with Crippen molar-refractivity contribution in [1.29, 1.82) is 0 Å². The van der Waals surface area contributed by atoms with E-state index in [1.54, 1.807) is 52.0 Å². The van der Waals surface area contributed by atoms with E-state index in [9.17, 15) is 19.5 Å². The number of rotatable bonds is 3. The molecule has 1 aliphatic rings. The second kappa shape index (κ2) is 5.44. The molecule has 0 spiro atoms. The zero-order valence-electron chi connectivity index (χ0n) is 13.2. The number of fused-ring (bicyclic) bond motifs is 1. The number of imide groups is 1. The van der Waals surface area contributed by atoms with Crippen LogP contribution in [0.2, 0.25) is 0 Å². The van der Waals surface area contributed by atoms with Gasteiger partial charge in [-0.1, -0.05) is 12.1 Å². The Morgan fingerprint density at radius 2 is 1.64 bits per heavy atom. The van der Waals surface area contributed by atoms with E-state index in [4.69, 9.17) is 0 Å². The molecular formula is C16H20N2O4. The SMILES string of the molecule is C[C@H](CN1C(=O)c2ccccc2C1=O)N(C(=O)O)C(C)(C)C. The number of hydrogen-bond acceptors (Lipinski definition) is 3. The first-order valence-electron chi connectivity index (χ1n) is 7.12. The van der Waals surface area contributed by atoms with E-state index in [0.717, 1.165) is 4.90 Å². The van der Waals surface area contributed by atoms with Gasteiger partial charge >= 0.3 is 6.09 Å². The zero-order chi connectivity index (χ0) is 16.7. The lowest BCUT2D eigenvalue weighted by molar-refractivity contribution is 0.0464. The molecule has 1 N–H and O–H groups in total. The summed E-state index contributed by atoms with van der Waals surface area (Å²) in [6.07, 6.45) is -1.07. The molecule has 0 aromatic heterocycles. The van der Waals surface area contributed by atoms with Crippen LogP contribution in [0, 0.1) is 0 Å². The highest BCUT2D eigenvalue weighted by Crippen LogP contribution is 2.25. The van der Waals surface area contributed by atoms with Crippen molar-refractivity contribution in [2.24, 2.45) is 0 Å². The molecular weight excluding hydrogens is 284 g/mol. The monoisotopic (exact) mass is 304 g/mol. The maximum atomic E-state index is 12.3. The summed E-state index contributed by atoms with van der Waals surface area (Å²) in [6.45, 7) is 7.07. The molecule has 0 radical (unpaired) electrons. The van der Waals surface area contributed by atoms with Crippen LogP contribution in [-0.2, 0) is 0 Å². The van der Waals surface area contributed by atoms with E-state index >= 15 is 0 Å². The van der Waals surface area contributed by atoms with E-state index in [-0.39, 0.29) is 18.4 Å². The lowest BCUT2D eigenvalue weighted by Gasteiger charge is -2.39. The third-order valence-electron chi connectivity index (χ3n) is 3.69. The molecule has 0 bridgehead atoms. The Morgan fingerprint density at radius 1 is 1.18 bits per heavy atom. The van der Waals surface area contributed by atoms with Crippen molar-refractivity contribution < 1.29 is 19.5 Å². The minimum absolute atomic E-state index is 0.0376. The summed E-state index contributed by atoms with van der Waals surface area (Å²) < 4.78 is 0. The van der Waals surface area contributed by atoms with Gasteiger partial charge in [-0.25, -0.2) is 4.79 Å². The average molecular weight is 304 g/mol. The predicted molar refractivity (Wildman–Crippen MR) is 80.9 cm³/mol. The van der Waals surface area contributed by atoms with Crippen LogP contribution in [0.25, 0.3) is 0 Å². The molecule has 0 aliphatic carbocycles. The largest absolute Gasteiger partial charge is 0.465 e. The van der Waals surface area contributed by atoms with Gasteiger partial charge in [0, 0.05) is 12.1 Å². The first kappa shape index (κ1) is 16.0. The second-order valence-electron chi connectivity index (χ2n) is 6.44. The highest BCUT2D eigenvalue weighted by atomic mass is 16.4. The van der Waals surface area contributed by atoms with Crippen LogP contribution in [0.15, 0.2) is 24.3 Å². The second-order valence-corrected chi connectivity index (χ2v) is 6.44. The molecule has 1 aromatic rings. The molecule has 1 aliphatic heterocycles. The van der Waals surface area contributed by atoms with Gasteiger partial charge in [-0.3, -0.25) is 19.4 Å². The minimum atomic E-state index is -1.07. The lowest BCUT2D eigenvalue weighted by Crippen LogP contribution is -2.54. The normalized spacial score (nSPS) is 15.7. The van der Waals surface area contributed by atoms with E-state index in [1.165, 1.54) is 4.90 Å². The first-order valence-corrected chi connectivity index (χ1v) is 7.12. The molecule has 1 heterocycles. The van der Waals surface area contributed by atoms with Crippen molar-refractivity contribution in [2.45, 2.75) is 39.3 Å². The van der Waals surface area contributed by atoms with E-state index < -0.39 is 17.7 Å². The van der Waals surface area contributed by atoms with Crippen molar-refractivity contribution in [2.75, 3.05) is 6.54 Å². The Balaban J connectivity index is 2.23. The molecule has 3 amide bonds. The van der Waals surface area contributed by atoms with Gasteiger partial charge in [0.25, 0.3) is 11.8 Å². The molecule has 22 heavy (non-hydrogen) atoms. The van der Waals surface area contributed by atoms with Crippen molar-refractivity contribution in [3.05, 3.63) is 35.4 Å². The Labute approximate surface area is 129 Å². The smallest absolute Gasteiger partial charge is 0.408 e. The number of carbonyl (C=O) groups excluding carboxylic acids is 2. The number of amides is 3. The fourth-order valence-electron chi connectivity index (χ4n) is 2.89. The van der Waals surface area contributed by atoms with E-state index in [1.807, 2.05) is 0 Å². The Hall–Kier alpha value is -2.37. The van der Waals surface area contributed by atoms with Crippen molar-refractivity contribution in [1.82, 2.24) is 9.80 Å². The summed E-state index contributed by atoms with van der Waals surface area (Å²) in [5, 5.41) is 9.40. The Morgan fingerprint density at radius 3 is 2.00 bits per heavy atom. The van der Waals surface area contributed by atoms with Crippen molar-refractivity contribution in [3.63, 3.8) is 0 Å². The van der Waals surface area contributed by atoms with Gasteiger partial charge in [0.1, 0.15) is 0 Å². The fourth-order valence-corrected chi connectivity index (χ4v) is 2.89. The average Bonchev–Trinajstić information content (AvgIpc) is 2.62. The molecule has 1 atom stereocenters. The van der Waals surface area contributed by atoms with Gasteiger partial charge < -0.3 is 5.11 Å². The molecule has 6 nitrogen and oxygen atoms in total. The summed E-state index contributed by atoms with van der Waals surface area (Å²) in [6, 6.07) is 6.13. The molecule has 2 rings (SSSR count). The highest BCUT2D eigenvalue weighted by Gasteiger charge is 2.39. The van der Waals surface area contributed by atoms with Gasteiger partial charge in [0.15, 0.2) is 0 Å². The van der Waals surface area contributed by atoms with Crippen LogP contribution in [-0.4, -0.2) is 50.9 Å². The van der Waals surface area contributed by atoms with Crippen molar-refractivity contribution >= 4 is 17.9 Å². The van der Waals surface area contributed by atoms with Crippen LogP contribution in [0.1, 0.15) is 48.4 Å². The molecule has 6 heteroatoms. The number of carbonyl (C=O) groups is 3. The molecule has 1 aromatic carbocycles. The predicted octanol–water partition coefficient (Wildman–Crippen LogP) is 2.45. The van der Waals surface area contributed by atoms with Crippen LogP contribution in [0.3, 0.4) is 0 Å². The third kappa shape index (κ3) is 2.68. The summed E-state index contributed by atoms with van der Waals surface area (Å²) in [5.41, 5.74) is 0.124. The van der Waals surface area contributed by atoms with Gasteiger partial charge in [-0.2, -0.15) is 0 Å². The summed E-state index contributed by atoms with van der Waals surface area (Å²) in [7, 11) is 0. The first-order chi connectivity index (χ1) is 10.1. The van der Waals surface area contributed by atoms with Crippen LogP contribution in [0.5, 0.6) is 0 Å². The van der Waals surface area contributed by atoms with Crippen LogP contribution >= 0.6 is 0 Å². The zero-order valence-corrected chi connectivity index (χ0v) is 13.2. The lowest BCUT2D eigenvalue weighted by atomic mass is 10.0. The van der Waals surface area contributed by atoms with Crippen molar-refractivity contribution in [3.8, 4) is 0 Å². The number of benzene rings is 1. The Kier molecular flexibility index (Phi) is 3.96. The number of carboxylic acid groups (broad SMARTS) is 1. The summed E-state index contributed by atoms with van der Waals surface area (Å²) in [4.78, 5) is 38.5. The quantitative estimate of drug-likeness (QED) is 0.870. The number of nitrogens with zero attached hydrogens (tertiary/aromatic N) is 2. The van der Waals surface area contributed by atoms with Crippen LogP contribution < -0.4 is 0 Å². The standard InChI is InChI=1S/C16H20N2O4/c1-10(18(15(21)22)16(2,3)4)9-17-13(19)11-7-5-6-8-12(11)14(17)20/h5-8,10H,9H2,1-4H3,(H,21,22)/t10-/m1/s1. The van der Waals surface area contributed by atoms with Gasteiger partial charge in [0.2, 0.25) is 0 Å². The highest BCUT2D eigenvalue weighted by molar-refractivity contribution is 6.21. The molecule has 118 valence electrons. The Bertz CT molecular complexity index is 598. The van der Waals surface area contributed by atoms with E-state index in [0.29, 0.717) is 11.1 Å². The topological polar surface area (TPSA) is 77.9 Å². The maximum absolute atomic E-state index is 12.3.